The van der Waals surface area contributed by atoms with Crippen LogP contribution in [0.15, 0.2) is 6.07 Å². The molecule has 2 heterocycles. The van der Waals surface area contributed by atoms with Gasteiger partial charge in [-0.2, -0.15) is 13.5 Å². The van der Waals surface area contributed by atoms with Gasteiger partial charge >= 0.3 is 6.55 Å². The van der Waals surface area contributed by atoms with Gasteiger partial charge < -0.3 is 10.6 Å². The number of carbonyl (C=O) groups excluding carboxylic acids is 1. The van der Waals surface area contributed by atoms with Crippen LogP contribution < -0.4 is 5.73 Å². The number of hydrogen-bond acceptors (Lipinski definition) is 3. The van der Waals surface area contributed by atoms with Crippen LogP contribution in [0.3, 0.4) is 0 Å². The van der Waals surface area contributed by atoms with E-state index in [1.807, 2.05) is 6.92 Å². The molecule has 0 aliphatic carbocycles. The third-order valence-corrected chi connectivity index (χ3v) is 3.10. The van der Waals surface area contributed by atoms with Crippen LogP contribution in [0.2, 0.25) is 0 Å². The summed E-state index contributed by atoms with van der Waals surface area (Å²) in [6.07, 6.45) is 1.95. The van der Waals surface area contributed by atoms with Crippen molar-refractivity contribution in [2.24, 2.45) is 5.92 Å². The molecule has 2 rings (SSSR count). The molecule has 1 aliphatic heterocycles. The van der Waals surface area contributed by atoms with Gasteiger partial charge in [0.1, 0.15) is 11.5 Å². The molecule has 100 valence electrons. The lowest BCUT2D eigenvalue weighted by Gasteiger charge is -2.30. The predicted octanol–water partition coefficient (Wildman–Crippen LogP) is 1.73. The van der Waals surface area contributed by atoms with Crippen molar-refractivity contribution in [3.8, 4) is 0 Å². The zero-order valence-electron chi connectivity index (χ0n) is 10.1. The maximum absolute atomic E-state index is 12.7. The molecule has 0 spiro atoms. The summed E-state index contributed by atoms with van der Waals surface area (Å²) in [4.78, 5) is 13.7. The van der Waals surface area contributed by atoms with Crippen molar-refractivity contribution in [3.05, 3.63) is 11.8 Å². The van der Waals surface area contributed by atoms with Gasteiger partial charge in [0.2, 0.25) is 0 Å². The fourth-order valence-electron chi connectivity index (χ4n) is 2.26. The number of nitrogens with zero attached hydrogens (tertiary/aromatic N) is 3. The van der Waals surface area contributed by atoms with E-state index in [0.717, 1.165) is 12.8 Å². The van der Waals surface area contributed by atoms with E-state index in [0.29, 0.717) is 23.7 Å². The first-order valence-electron chi connectivity index (χ1n) is 5.91. The van der Waals surface area contributed by atoms with Crippen molar-refractivity contribution < 1.29 is 13.6 Å². The first kappa shape index (κ1) is 12.8. The van der Waals surface area contributed by atoms with Crippen LogP contribution in [0.1, 0.15) is 36.8 Å². The molecular weight excluding hydrogens is 242 g/mol. The molecule has 1 amide bonds. The van der Waals surface area contributed by atoms with Crippen LogP contribution in [0.5, 0.6) is 0 Å². The van der Waals surface area contributed by atoms with Crippen LogP contribution in [0.25, 0.3) is 0 Å². The number of rotatable bonds is 2. The molecule has 0 bridgehead atoms. The summed E-state index contributed by atoms with van der Waals surface area (Å²) in [5.41, 5.74) is 5.23. The molecule has 1 unspecified atom stereocenters. The number of aromatic nitrogens is 2. The molecule has 1 atom stereocenters. The fourth-order valence-corrected chi connectivity index (χ4v) is 2.26. The van der Waals surface area contributed by atoms with Crippen LogP contribution in [-0.2, 0) is 0 Å². The number of hydrogen-bond donors (Lipinski definition) is 1. The highest BCUT2D eigenvalue weighted by atomic mass is 19.3. The summed E-state index contributed by atoms with van der Waals surface area (Å²) in [6.45, 7) is 0.367. The first-order chi connectivity index (χ1) is 8.49. The van der Waals surface area contributed by atoms with E-state index in [1.165, 1.54) is 6.07 Å². The summed E-state index contributed by atoms with van der Waals surface area (Å²) in [6, 6.07) is 1.20. The largest absolute Gasteiger partial charge is 0.382 e. The second-order valence-electron chi connectivity index (χ2n) is 4.68. The maximum Gasteiger partial charge on any atom is 0.334 e. The molecule has 1 aromatic heterocycles. The molecule has 18 heavy (non-hydrogen) atoms. The molecule has 0 radical (unpaired) electrons. The number of piperidine rings is 1. The molecule has 1 aliphatic rings. The number of nitrogens with two attached hydrogens (primary N) is 1. The second kappa shape index (κ2) is 4.91. The average Bonchev–Trinajstić information content (AvgIpc) is 2.70. The van der Waals surface area contributed by atoms with Gasteiger partial charge in [-0.3, -0.25) is 4.79 Å². The minimum Gasteiger partial charge on any atom is -0.382 e. The Morgan fingerprint density at radius 1 is 1.61 bits per heavy atom. The fraction of sp³-hybridized carbons (Fsp3) is 0.636. The monoisotopic (exact) mass is 258 g/mol. The summed E-state index contributed by atoms with van der Waals surface area (Å²) in [5.74, 6) is -0.0993. The Bertz CT molecular complexity index is 446. The topological polar surface area (TPSA) is 64.2 Å². The van der Waals surface area contributed by atoms with Crippen LogP contribution in [-0.4, -0.2) is 33.7 Å². The van der Waals surface area contributed by atoms with Gasteiger partial charge in [0.05, 0.1) is 0 Å². The van der Waals surface area contributed by atoms with Gasteiger partial charge in [-0.05, 0) is 18.8 Å². The molecule has 7 heteroatoms. The lowest BCUT2D eigenvalue weighted by atomic mass is 10.00. The smallest absolute Gasteiger partial charge is 0.334 e. The molecule has 1 saturated heterocycles. The summed E-state index contributed by atoms with van der Waals surface area (Å²) >= 11 is 0. The van der Waals surface area contributed by atoms with E-state index in [1.54, 1.807) is 4.90 Å². The number of carbonyl (C=O) groups is 1. The molecule has 0 aromatic carbocycles. The van der Waals surface area contributed by atoms with Crippen molar-refractivity contribution in [1.29, 1.82) is 0 Å². The van der Waals surface area contributed by atoms with E-state index >= 15 is 0 Å². The highest BCUT2D eigenvalue weighted by molar-refractivity contribution is 5.93. The van der Waals surface area contributed by atoms with Gasteiger partial charge in [-0.1, -0.05) is 6.92 Å². The number of nitrogen functional groups attached to an aromatic ring is 1. The molecule has 0 saturated carbocycles. The number of halogens is 2. The lowest BCUT2D eigenvalue weighted by molar-refractivity contribution is 0.0443. The van der Waals surface area contributed by atoms with E-state index in [4.69, 9.17) is 5.73 Å². The van der Waals surface area contributed by atoms with E-state index in [2.05, 4.69) is 5.10 Å². The summed E-state index contributed by atoms with van der Waals surface area (Å²) < 4.78 is 25.8. The summed E-state index contributed by atoms with van der Waals surface area (Å²) in [7, 11) is 0. The number of amides is 1. The second-order valence-corrected chi connectivity index (χ2v) is 4.68. The molecule has 2 N–H and O–H groups in total. The van der Waals surface area contributed by atoms with E-state index < -0.39 is 12.5 Å². The zero-order valence-corrected chi connectivity index (χ0v) is 10.1. The normalized spacial score (nSPS) is 20.4. The van der Waals surface area contributed by atoms with Crippen molar-refractivity contribution >= 4 is 11.7 Å². The van der Waals surface area contributed by atoms with Gasteiger partial charge in [-0.25, -0.2) is 0 Å². The SMILES string of the molecule is CC1CCCN(C(=O)c2cc(N)nn2C(F)F)C1. The molecular formula is C11H16F2N4O. The molecule has 1 fully saturated rings. The van der Waals surface area contributed by atoms with Crippen LogP contribution >= 0.6 is 0 Å². The minimum atomic E-state index is -2.86. The average molecular weight is 258 g/mol. The Labute approximate surface area is 104 Å². The third kappa shape index (κ3) is 2.44. The van der Waals surface area contributed by atoms with Crippen molar-refractivity contribution in [2.45, 2.75) is 26.3 Å². The van der Waals surface area contributed by atoms with Crippen molar-refractivity contribution in [3.63, 3.8) is 0 Å². The third-order valence-electron chi connectivity index (χ3n) is 3.10. The number of alkyl halides is 2. The van der Waals surface area contributed by atoms with Gasteiger partial charge in [0.15, 0.2) is 0 Å². The maximum atomic E-state index is 12.7. The van der Waals surface area contributed by atoms with Gasteiger partial charge in [-0.15, -0.1) is 5.10 Å². The number of anilines is 1. The molecule has 1 aromatic rings. The Kier molecular flexibility index (Phi) is 3.49. The standard InChI is InChI=1S/C11H16F2N4O/c1-7-3-2-4-16(6-7)10(18)8-5-9(14)15-17(8)11(12)13/h5,7,11H,2-4,6H2,1H3,(H2,14,15). The lowest BCUT2D eigenvalue weighted by Crippen LogP contribution is -2.40. The number of likely N-dealkylation sites (tertiary alicyclic amines) is 1. The minimum absolute atomic E-state index is 0.0660. The zero-order chi connectivity index (χ0) is 13.3. The molecule has 5 nitrogen and oxygen atoms in total. The van der Waals surface area contributed by atoms with Crippen LogP contribution in [0, 0.1) is 5.92 Å². The van der Waals surface area contributed by atoms with Gasteiger partial charge in [0, 0.05) is 19.2 Å². The van der Waals surface area contributed by atoms with E-state index in [-0.39, 0.29) is 11.5 Å². The van der Waals surface area contributed by atoms with Gasteiger partial charge in [0.25, 0.3) is 5.91 Å². The Morgan fingerprint density at radius 3 is 2.94 bits per heavy atom. The highest BCUT2D eigenvalue weighted by Crippen LogP contribution is 2.21. The predicted molar refractivity (Wildman–Crippen MR) is 62.2 cm³/mol. The summed E-state index contributed by atoms with van der Waals surface area (Å²) in [5, 5.41) is 3.44. The first-order valence-corrected chi connectivity index (χ1v) is 5.91. The Hall–Kier alpha value is -1.66. The van der Waals surface area contributed by atoms with E-state index in [9.17, 15) is 13.6 Å². The Morgan fingerprint density at radius 2 is 2.33 bits per heavy atom. The van der Waals surface area contributed by atoms with Crippen molar-refractivity contribution in [2.75, 3.05) is 18.8 Å². The Balaban J connectivity index is 2.22. The van der Waals surface area contributed by atoms with Crippen molar-refractivity contribution in [1.82, 2.24) is 14.7 Å². The quantitative estimate of drug-likeness (QED) is 0.878. The van der Waals surface area contributed by atoms with Crippen LogP contribution in [0.4, 0.5) is 14.6 Å². The highest BCUT2D eigenvalue weighted by Gasteiger charge is 2.27.